The van der Waals surface area contributed by atoms with Gasteiger partial charge in [0.1, 0.15) is 0 Å². The van der Waals surface area contributed by atoms with Gasteiger partial charge in [0.25, 0.3) is 0 Å². The Labute approximate surface area is 119 Å². The van der Waals surface area contributed by atoms with Crippen molar-refractivity contribution >= 4 is 38.5 Å². The summed E-state index contributed by atoms with van der Waals surface area (Å²) in [5.41, 5.74) is 0.521. The Morgan fingerprint density at radius 3 is 2.58 bits per heavy atom. The molecule has 0 bridgehead atoms. The minimum Gasteiger partial charge on any atom is -0.465 e. The first-order chi connectivity index (χ1) is 9.15. The normalized spacial score (nSPS) is 12.1. The first-order valence-electron chi connectivity index (χ1n) is 5.98. The number of halogens is 1. The molecule has 19 heavy (non-hydrogen) atoms. The predicted octanol–water partition coefficient (Wildman–Crippen LogP) is 3.35. The first-order valence-corrected chi connectivity index (χ1v) is 6.89. The summed E-state index contributed by atoms with van der Waals surface area (Å²) in [4.78, 5) is 23.0. The van der Waals surface area contributed by atoms with Crippen molar-refractivity contribution in [3.8, 4) is 0 Å². The molecule has 0 aromatic heterocycles. The largest absolute Gasteiger partial charge is 0.465 e. The highest BCUT2D eigenvalue weighted by molar-refractivity contribution is 9.10. The highest BCUT2D eigenvalue weighted by Crippen LogP contribution is 2.22. The van der Waals surface area contributed by atoms with Crippen molar-refractivity contribution in [1.29, 1.82) is 0 Å². The van der Waals surface area contributed by atoms with E-state index < -0.39 is 10.8 Å². The summed E-state index contributed by atoms with van der Waals surface area (Å²) in [5.74, 6) is -0.837. The van der Waals surface area contributed by atoms with E-state index in [0.29, 0.717) is 5.56 Å². The molecule has 0 spiro atoms. The SMILES string of the molecule is CCOC(=O)C(Br)C(=O)c1cccc2ccccc12. The molecule has 0 radical (unpaired) electrons. The summed E-state index contributed by atoms with van der Waals surface area (Å²) in [7, 11) is 0. The maximum absolute atomic E-state index is 12.3. The number of alkyl halides is 1. The van der Waals surface area contributed by atoms with Crippen LogP contribution < -0.4 is 0 Å². The minimum atomic E-state index is -0.960. The van der Waals surface area contributed by atoms with Gasteiger partial charge < -0.3 is 4.74 Å². The topological polar surface area (TPSA) is 43.4 Å². The van der Waals surface area contributed by atoms with Crippen LogP contribution in [0.1, 0.15) is 17.3 Å². The lowest BCUT2D eigenvalue weighted by molar-refractivity contribution is -0.141. The lowest BCUT2D eigenvalue weighted by Gasteiger charge is -2.10. The van der Waals surface area contributed by atoms with Gasteiger partial charge in [0.15, 0.2) is 10.6 Å². The fraction of sp³-hybridized carbons (Fsp3) is 0.200. The molecule has 0 aliphatic heterocycles. The monoisotopic (exact) mass is 320 g/mol. The Morgan fingerprint density at radius 2 is 1.84 bits per heavy atom. The number of hydrogen-bond donors (Lipinski definition) is 0. The van der Waals surface area contributed by atoms with Crippen LogP contribution in [0.25, 0.3) is 10.8 Å². The van der Waals surface area contributed by atoms with Gasteiger partial charge in [-0.25, -0.2) is 0 Å². The summed E-state index contributed by atoms with van der Waals surface area (Å²) in [6.07, 6.45) is 0. The summed E-state index contributed by atoms with van der Waals surface area (Å²) in [6, 6.07) is 13.0. The standard InChI is InChI=1S/C15H13BrO3/c1-2-19-15(18)13(16)14(17)12-9-5-7-10-6-3-4-8-11(10)12/h3-9,13H,2H2,1H3. The molecule has 2 aromatic rings. The van der Waals surface area contributed by atoms with E-state index in [-0.39, 0.29) is 12.4 Å². The van der Waals surface area contributed by atoms with Crippen molar-refractivity contribution in [2.45, 2.75) is 11.8 Å². The number of esters is 1. The highest BCUT2D eigenvalue weighted by Gasteiger charge is 2.26. The lowest BCUT2D eigenvalue weighted by Crippen LogP contribution is -2.26. The molecule has 4 heteroatoms. The number of hydrogen-bond acceptors (Lipinski definition) is 3. The van der Waals surface area contributed by atoms with Gasteiger partial charge in [-0.05, 0) is 17.7 Å². The van der Waals surface area contributed by atoms with Gasteiger partial charge in [-0.3, -0.25) is 9.59 Å². The fourth-order valence-corrected chi connectivity index (χ4v) is 2.28. The average Bonchev–Trinajstić information content (AvgIpc) is 2.45. The van der Waals surface area contributed by atoms with Gasteiger partial charge in [0.05, 0.1) is 6.61 Å². The van der Waals surface area contributed by atoms with Crippen LogP contribution in [0.2, 0.25) is 0 Å². The van der Waals surface area contributed by atoms with Crippen LogP contribution in [-0.4, -0.2) is 23.2 Å². The second-order valence-electron chi connectivity index (χ2n) is 4.01. The van der Waals surface area contributed by atoms with Crippen molar-refractivity contribution in [2.24, 2.45) is 0 Å². The van der Waals surface area contributed by atoms with E-state index in [1.165, 1.54) is 0 Å². The average molecular weight is 321 g/mol. The second kappa shape index (κ2) is 5.97. The molecule has 0 N–H and O–H groups in total. The molecule has 0 aliphatic carbocycles. The predicted molar refractivity (Wildman–Crippen MR) is 77.6 cm³/mol. The Morgan fingerprint density at radius 1 is 1.16 bits per heavy atom. The van der Waals surface area contributed by atoms with Crippen molar-refractivity contribution in [3.63, 3.8) is 0 Å². The number of carbonyl (C=O) groups is 2. The molecule has 0 aliphatic rings. The molecule has 98 valence electrons. The minimum absolute atomic E-state index is 0.254. The third kappa shape index (κ3) is 2.84. The van der Waals surface area contributed by atoms with Crippen LogP contribution in [-0.2, 0) is 9.53 Å². The zero-order chi connectivity index (χ0) is 13.8. The summed E-state index contributed by atoms with van der Waals surface area (Å²) in [5, 5.41) is 1.81. The number of Topliss-reactive ketones (excluding diaryl/α,β-unsaturated/α-hetero) is 1. The van der Waals surface area contributed by atoms with Crippen LogP contribution in [0, 0.1) is 0 Å². The van der Waals surface area contributed by atoms with Crippen LogP contribution in [0.5, 0.6) is 0 Å². The van der Waals surface area contributed by atoms with Crippen LogP contribution in [0.15, 0.2) is 42.5 Å². The quantitative estimate of drug-likeness (QED) is 0.375. The van der Waals surface area contributed by atoms with Crippen LogP contribution in [0.4, 0.5) is 0 Å². The molecular weight excluding hydrogens is 308 g/mol. The molecule has 0 heterocycles. The van der Waals surface area contributed by atoms with E-state index in [1.54, 1.807) is 19.1 Å². The van der Waals surface area contributed by atoms with E-state index >= 15 is 0 Å². The number of ether oxygens (including phenoxy) is 1. The second-order valence-corrected chi connectivity index (χ2v) is 4.92. The van der Waals surface area contributed by atoms with Crippen LogP contribution in [0.3, 0.4) is 0 Å². The smallest absolute Gasteiger partial charge is 0.327 e. The molecule has 2 rings (SSSR count). The van der Waals surface area contributed by atoms with Gasteiger partial charge >= 0.3 is 5.97 Å². The molecular formula is C15H13BrO3. The molecule has 0 amide bonds. The molecule has 0 saturated heterocycles. The molecule has 0 fully saturated rings. The van der Waals surface area contributed by atoms with Crippen molar-refractivity contribution < 1.29 is 14.3 Å². The van der Waals surface area contributed by atoms with Gasteiger partial charge in [0, 0.05) is 5.56 Å². The van der Waals surface area contributed by atoms with Gasteiger partial charge in [-0.2, -0.15) is 0 Å². The molecule has 0 saturated carbocycles. The highest BCUT2D eigenvalue weighted by atomic mass is 79.9. The number of rotatable bonds is 4. The zero-order valence-corrected chi connectivity index (χ0v) is 12.0. The third-order valence-corrected chi connectivity index (χ3v) is 3.57. The third-order valence-electron chi connectivity index (χ3n) is 2.78. The maximum Gasteiger partial charge on any atom is 0.327 e. The Hall–Kier alpha value is -1.68. The van der Waals surface area contributed by atoms with Crippen molar-refractivity contribution in [3.05, 3.63) is 48.0 Å². The van der Waals surface area contributed by atoms with Gasteiger partial charge in [-0.15, -0.1) is 0 Å². The van der Waals surface area contributed by atoms with Gasteiger partial charge in [-0.1, -0.05) is 58.4 Å². The van der Waals surface area contributed by atoms with Crippen molar-refractivity contribution in [2.75, 3.05) is 6.61 Å². The molecule has 2 aromatic carbocycles. The summed E-state index contributed by atoms with van der Waals surface area (Å²) >= 11 is 3.11. The zero-order valence-electron chi connectivity index (χ0n) is 10.4. The molecule has 3 nitrogen and oxygen atoms in total. The maximum atomic E-state index is 12.3. The lowest BCUT2D eigenvalue weighted by atomic mass is 10.00. The molecule has 1 atom stereocenters. The van der Waals surface area contributed by atoms with Crippen molar-refractivity contribution in [1.82, 2.24) is 0 Å². The van der Waals surface area contributed by atoms with E-state index in [2.05, 4.69) is 15.9 Å². The summed E-state index contributed by atoms with van der Waals surface area (Å²) in [6.45, 7) is 1.96. The Bertz CT molecular complexity index is 616. The summed E-state index contributed by atoms with van der Waals surface area (Å²) < 4.78 is 4.85. The van der Waals surface area contributed by atoms with E-state index in [4.69, 9.17) is 4.74 Å². The van der Waals surface area contributed by atoms with E-state index in [1.807, 2.05) is 30.3 Å². The Kier molecular flexibility index (Phi) is 4.32. The number of benzene rings is 2. The fourth-order valence-electron chi connectivity index (χ4n) is 1.90. The first kappa shape index (κ1) is 13.7. The molecule has 1 unspecified atom stereocenters. The van der Waals surface area contributed by atoms with Gasteiger partial charge in [0.2, 0.25) is 0 Å². The van der Waals surface area contributed by atoms with E-state index in [9.17, 15) is 9.59 Å². The number of ketones is 1. The number of carbonyl (C=O) groups excluding carboxylic acids is 2. The van der Waals surface area contributed by atoms with Crippen LogP contribution >= 0.6 is 15.9 Å². The van der Waals surface area contributed by atoms with E-state index in [0.717, 1.165) is 10.8 Å². The Balaban J connectivity index is 2.39. The number of fused-ring (bicyclic) bond motifs is 1.